The van der Waals surface area contributed by atoms with Crippen molar-refractivity contribution in [3.05, 3.63) is 34.6 Å². The van der Waals surface area contributed by atoms with Gasteiger partial charge in [-0.05, 0) is 25.7 Å². The number of phosphoric acid groups is 2. The number of imidazole rings is 2. The van der Waals surface area contributed by atoms with Gasteiger partial charge in [-0.3, -0.25) is 37.4 Å². The van der Waals surface area contributed by atoms with E-state index in [1.807, 2.05) is 27.7 Å². The minimum Gasteiger partial charge on any atom is -0.455 e. The monoisotopic (exact) mass is 1100 g/mol. The molecule has 6 rings (SSSR count). The standard InChI is InChI=1S/C44H64N8O17P2S2/c1-5-9-13-17-29(53)65-35-27(63-43(37(35)67-31(55)19-15-11-7-3)51-25-49-33-39(51)45-23-47-41(33)72)21-61-70(57,58)69-71(59,60)62-22-28-36(66-30(54)18-14-10-6-2)38(68-32(56)20-16-12-8-4)44(64-28)52-26-50-34-40(52)46-24-48-42(34)73/h23-28,35-38,43-44H,5-22H2,1-4H3,(H,57,58)(H,59,60)(H,45,47,72)(H,46,48,73)/t27-,28-,35-,36-,37-,38-,43-,44-/m1/s1. The summed E-state index contributed by atoms with van der Waals surface area (Å²) in [5, 5.41) is 0. The van der Waals surface area contributed by atoms with Crippen LogP contribution in [0.3, 0.4) is 0 Å². The Morgan fingerprint density at radius 3 is 1.22 bits per heavy atom. The third-order valence-corrected chi connectivity index (χ3v) is 15.1. The van der Waals surface area contributed by atoms with Gasteiger partial charge in [0.25, 0.3) is 0 Å². The molecule has 4 aromatic rings. The van der Waals surface area contributed by atoms with E-state index < -0.39 is 102 Å². The predicted molar refractivity (Wildman–Crippen MR) is 262 cm³/mol. The van der Waals surface area contributed by atoms with E-state index in [9.17, 15) is 38.1 Å². The first-order valence-electron chi connectivity index (χ1n) is 24.5. The summed E-state index contributed by atoms with van der Waals surface area (Å²) < 4.78 is 81.9. The van der Waals surface area contributed by atoms with Crippen molar-refractivity contribution in [3.63, 3.8) is 0 Å². The van der Waals surface area contributed by atoms with Crippen LogP contribution in [0.2, 0.25) is 0 Å². The van der Waals surface area contributed by atoms with E-state index in [4.69, 9.17) is 66.2 Å². The summed E-state index contributed by atoms with van der Waals surface area (Å²) in [7, 11) is -11.3. The number of aromatic nitrogens is 8. The molecule has 0 radical (unpaired) electrons. The lowest BCUT2D eigenvalue weighted by Gasteiger charge is -2.25. The molecule has 0 spiro atoms. The highest BCUT2D eigenvalue weighted by atomic mass is 32.1. The lowest BCUT2D eigenvalue weighted by Crippen LogP contribution is -2.41. The van der Waals surface area contributed by atoms with E-state index >= 15 is 0 Å². The smallest absolute Gasteiger partial charge is 0.455 e. The number of nitrogens with one attached hydrogen (secondary N) is 2. The number of unbranched alkanes of at least 4 members (excludes halogenated alkanes) is 8. The van der Waals surface area contributed by atoms with Crippen molar-refractivity contribution in [2.24, 2.45) is 0 Å². The lowest BCUT2D eigenvalue weighted by atomic mass is 10.1. The Labute approximate surface area is 430 Å². The predicted octanol–water partition coefficient (Wildman–Crippen LogP) is 8.01. The Kier molecular flexibility index (Phi) is 21.7. The van der Waals surface area contributed by atoms with Crippen molar-refractivity contribution in [2.45, 2.75) is 180 Å². The van der Waals surface area contributed by atoms with Crippen molar-refractivity contribution < 1.29 is 79.9 Å². The molecule has 0 saturated carbocycles. The fourth-order valence-electron chi connectivity index (χ4n) is 8.23. The summed E-state index contributed by atoms with van der Waals surface area (Å²) in [5.41, 5.74) is 1.12. The normalized spacial score (nSPS) is 23.5. The van der Waals surface area contributed by atoms with E-state index in [0.717, 1.165) is 38.5 Å². The molecular weight excluding hydrogens is 1040 g/mol. The molecule has 4 aromatic heterocycles. The number of aromatic amines is 2. The van der Waals surface area contributed by atoms with Gasteiger partial charge >= 0.3 is 39.5 Å². The lowest BCUT2D eigenvalue weighted by molar-refractivity contribution is -0.168. The molecule has 2 saturated heterocycles. The number of nitrogens with zero attached hydrogens (tertiary/aromatic N) is 6. The Bertz CT molecular complexity index is 2540. The van der Waals surface area contributed by atoms with Crippen LogP contribution in [0.1, 0.15) is 143 Å². The van der Waals surface area contributed by atoms with E-state index in [-0.39, 0.29) is 46.0 Å². The Balaban J connectivity index is 1.23. The van der Waals surface area contributed by atoms with E-state index in [0.29, 0.717) is 49.8 Å². The summed E-state index contributed by atoms with van der Waals surface area (Å²) in [4.78, 5) is 97.8. The number of carbonyl (C=O) groups is 4. The fraction of sp³-hybridized carbons (Fsp3) is 0.682. The fourth-order valence-corrected chi connectivity index (χ4v) is 10.7. The Morgan fingerprint density at radius 1 is 0.562 bits per heavy atom. The number of esters is 4. The van der Waals surface area contributed by atoms with Crippen LogP contribution in [-0.2, 0) is 70.1 Å². The van der Waals surface area contributed by atoms with Gasteiger partial charge in [-0.2, -0.15) is 4.31 Å². The van der Waals surface area contributed by atoms with E-state index in [2.05, 4.69) is 29.9 Å². The Morgan fingerprint density at radius 2 is 0.890 bits per heavy atom. The molecule has 10 atom stereocenters. The number of fused-ring (bicyclic) bond motifs is 2. The van der Waals surface area contributed by atoms with Crippen molar-refractivity contribution in [1.29, 1.82) is 0 Å². The first-order chi connectivity index (χ1) is 35.0. The largest absolute Gasteiger partial charge is 0.481 e. The van der Waals surface area contributed by atoms with Gasteiger partial charge < -0.3 is 48.2 Å². The molecule has 25 nitrogen and oxygen atoms in total. The number of H-pyrrole nitrogens is 2. The number of rotatable bonds is 30. The van der Waals surface area contributed by atoms with Gasteiger partial charge in [-0.15, -0.1) is 0 Å². The molecule has 0 bridgehead atoms. The number of ether oxygens (including phenoxy) is 6. The Hall–Kier alpha value is -4.40. The van der Waals surface area contributed by atoms with Gasteiger partial charge in [0.05, 0.1) is 38.5 Å². The minimum absolute atomic E-state index is 0.0179. The highest BCUT2D eigenvalue weighted by molar-refractivity contribution is 7.71. The van der Waals surface area contributed by atoms with Crippen molar-refractivity contribution in [3.8, 4) is 0 Å². The average molecular weight is 1100 g/mol. The zero-order valence-corrected chi connectivity index (χ0v) is 44.5. The number of phosphoric ester groups is 2. The van der Waals surface area contributed by atoms with Gasteiger partial charge in [0.2, 0.25) is 0 Å². The van der Waals surface area contributed by atoms with Crippen LogP contribution in [0.15, 0.2) is 25.3 Å². The van der Waals surface area contributed by atoms with Gasteiger partial charge in [-0.1, -0.05) is 103 Å². The zero-order chi connectivity index (χ0) is 52.7. The molecule has 0 aromatic carbocycles. The van der Waals surface area contributed by atoms with Crippen molar-refractivity contribution in [2.75, 3.05) is 13.2 Å². The molecular formula is C44H64N8O17P2S2. The molecule has 2 aliphatic heterocycles. The third kappa shape index (κ3) is 15.8. The third-order valence-electron chi connectivity index (χ3n) is 11.9. The van der Waals surface area contributed by atoms with Crippen LogP contribution in [0, 0.1) is 9.28 Å². The molecule has 2 unspecified atom stereocenters. The number of carbonyl (C=O) groups excluding carboxylic acids is 4. The second-order valence-electron chi connectivity index (χ2n) is 17.5. The summed E-state index contributed by atoms with van der Waals surface area (Å²) in [6.07, 6.45) is 2.19. The summed E-state index contributed by atoms with van der Waals surface area (Å²) in [6, 6.07) is 0. The summed E-state index contributed by atoms with van der Waals surface area (Å²) in [6.45, 7) is 5.98. The maximum atomic E-state index is 13.6. The molecule has 29 heteroatoms. The van der Waals surface area contributed by atoms with Crippen LogP contribution in [0.4, 0.5) is 0 Å². The van der Waals surface area contributed by atoms with E-state index in [1.54, 1.807) is 0 Å². The van der Waals surface area contributed by atoms with Gasteiger partial charge in [0, 0.05) is 25.7 Å². The molecule has 2 fully saturated rings. The molecule has 2 aliphatic rings. The van der Waals surface area contributed by atoms with Crippen LogP contribution in [-0.4, -0.2) is 123 Å². The first-order valence-corrected chi connectivity index (χ1v) is 28.4. The maximum absolute atomic E-state index is 13.6. The molecule has 404 valence electrons. The molecule has 6 heterocycles. The zero-order valence-electron chi connectivity index (χ0n) is 41.1. The quantitative estimate of drug-likeness (QED) is 0.0126. The number of hydrogen-bond acceptors (Lipinski definition) is 21. The second-order valence-corrected chi connectivity index (χ2v) is 21.3. The molecule has 0 amide bonds. The topological polar surface area (TPSA) is 319 Å². The molecule has 73 heavy (non-hydrogen) atoms. The van der Waals surface area contributed by atoms with Gasteiger partial charge in [0.1, 0.15) is 34.5 Å². The second kappa shape index (κ2) is 27.4. The van der Waals surface area contributed by atoms with Crippen LogP contribution < -0.4 is 0 Å². The van der Waals surface area contributed by atoms with E-state index in [1.165, 1.54) is 34.4 Å². The summed E-state index contributed by atoms with van der Waals surface area (Å²) >= 11 is 10.7. The molecule has 0 aliphatic carbocycles. The maximum Gasteiger partial charge on any atom is 0.481 e. The van der Waals surface area contributed by atoms with Crippen LogP contribution in [0.25, 0.3) is 22.3 Å². The summed E-state index contributed by atoms with van der Waals surface area (Å²) in [5.74, 6) is -2.66. The van der Waals surface area contributed by atoms with Crippen molar-refractivity contribution in [1.82, 2.24) is 39.0 Å². The highest BCUT2D eigenvalue weighted by Gasteiger charge is 2.54. The van der Waals surface area contributed by atoms with Gasteiger partial charge in [-0.25, -0.2) is 29.1 Å². The van der Waals surface area contributed by atoms with Gasteiger partial charge in [0.15, 0.2) is 46.2 Å². The number of hydrogen-bond donors (Lipinski definition) is 4. The van der Waals surface area contributed by atoms with Crippen LogP contribution in [0.5, 0.6) is 0 Å². The minimum atomic E-state index is -5.63. The average Bonchev–Trinajstić information content (AvgIpc) is 4.12. The highest BCUT2D eigenvalue weighted by Crippen LogP contribution is 2.61. The van der Waals surface area contributed by atoms with Crippen LogP contribution >= 0.6 is 40.1 Å². The molecule has 4 N–H and O–H groups in total. The SMILES string of the molecule is CCCCCC(=O)O[C@@H]1[C@H](OC(=O)CCCCC)[C@@H](COP(=O)(O)OP(=O)(O)OC[C@H]2O[C@@H](n3cnc4c(=S)nc[nH]c43)[C@H](OC(=O)CCCCC)[C@@H]2OC(=O)CCCCC)O[C@H]1n1cnc2c(=S)nc[nH]c21. The first kappa shape index (κ1) is 57.9. The van der Waals surface area contributed by atoms with Crippen molar-refractivity contribution >= 4 is 86.3 Å².